The quantitative estimate of drug-likeness (QED) is 0.843. The minimum absolute atomic E-state index is 0.107. The fourth-order valence-corrected chi connectivity index (χ4v) is 3.74. The van der Waals surface area contributed by atoms with E-state index in [0.29, 0.717) is 23.9 Å². The summed E-state index contributed by atoms with van der Waals surface area (Å²) in [7, 11) is 0. The minimum Gasteiger partial charge on any atom is -0.393 e. The molecule has 2 aliphatic carbocycles. The molecule has 0 spiro atoms. The average molecular weight is 322 g/mol. The van der Waals surface area contributed by atoms with Crippen molar-refractivity contribution in [3.05, 3.63) is 34.9 Å². The van der Waals surface area contributed by atoms with Crippen LogP contribution in [0.1, 0.15) is 50.5 Å². The number of rotatable bonds is 6. The van der Waals surface area contributed by atoms with Gasteiger partial charge in [-0.05, 0) is 55.7 Å². The maximum Gasteiger partial charge on any atom is 0.230 e. The topological polar surface area (TPSA) is 49.3 Å². The number of carbonyl (C=O) groups is 1. The number of aliphatic hydroxyl groups excluding tert-OH is 1. The van der Waals surface area contributed by atoms with E-state index >= 15 is 0 Å². The number of halogens is 1. The van der Waals surface area contributed by atoms with Crippen molar-refractivity contribution in [3.8, 4) is 0 Å². The van der Waals surface area contributed by atoms with E-state index in [2.05, 4.69) is 5.32 Å². The molecule has 2 N–H and O–H groups in total. The smallest absolute Gasteiger partial charge is 0.230 e. The second-order valence-corrected chi connectivity index (χ2v) is 7.18. The second kappa shape index (κ2) is 6.59. The number of aliphatic hydroxyl groups is 1. The number of benzene rings is 1. The molecule has 1 amide bonds. The molecule has 0 radical (unpaired) electrons. The first-order chi connectivity index (χ1) is 10.6. The van der Waals surface area contributed by atoms with Gasteiger partial charge in [-0.3, -0.25) is 4.79 Å². The molecule has 2 fully saturated rings. The molecule has 2 saturated carbocycles. The highest BCUT2D eigenvalue weighted by Gasteiger charge is 2.42. The van der Waals surface area contributed by atoms with E-state index < -0.39 is 5.41 Å². The lowest BCUT2D eigenvalue weighted by molar-refractivity contribution is -0.126. The van der Waals surface area contributed by atoms with E-state index in [4.69, 9.17) is 11.6 Å². The van der Waals surface area contributed by atoms with E-state index in [9.17, 15) is 9.90 Å². The van der Waals surface area contributed by atoms with Crippen molar-refractivity contribution in [2.24, 2.45) is 5.92 Å². The second-order valence-electron chi connectivity index (χ2n) is 6.75. The molecule has 4 heteroatoms. The van der Waals surface area contributed by atoms with E-state index in [1.807, 2.05) is 24.3 Å². The Kier molecular flexibility index (Phi) is 4.74. The summed E-state index contributed by atoms with van der Waals surface area (Å²) in [6.45, 7) is 0.561. The molecule has 120 valence electrons. The summed E-state index contributed by atoms with van der Waals surface area (Å²) in [6, 6.07) is 7.68. The molecule has 0 heterocycles. The number of carbonyl (C=O) groups excluding carboxylic acids is 1. The summed E-state index contributed by atoms with van der Waals surface area (Å²) in [5, 5.41) is 13.7. The summed E-state index contributed by atoms with van der Waals surface area (Å²) in [5.41, 5.74) is 0.657. The van der Waals surface area contributed by atoms with Crippen LogP contribution in [0.4, 0.5) is 0 Å². The van der Waals surface area contributed by atoms with Crippen LogP contribution in [0, 0.1) is 5.92 Å². The van der Waals surface area contributed by atoms with Crippen molar-refractivity contribution in [1.29, 1.82) is 0 Å². The van der Waals surface area contributed by atoms with Gasteiger partial charge in [0.05, 0.1) is 11.5 Å². The molecular formula is C18H24ClNO2. The van der Waals surface area contributed by atoms with E-state index in [1.54, 1.807) is 0 Å². The maximum atomic E-state index is 12.8. The third kappa shape index (κ3) is 3.31. The Hall–Kier alpha value is -1.06. The van der Waals surface area contributed by atoms with Crippen LogP contribution in [-0.4, -0.2) is 23.7 Å². The van der Waals surface area contributed by atoms with Gasteiger partial charge in [-0.15, -0.1) is 0 Å². The molecule has 0 aromatic heterocycles. The lowest BCUT2D eigenvalue weighted by Gasteiger charge is -2.28. The van der Waals surface area contributed by atoms with Gasteiger partial charge in [0, 0.05) is 11.6 Å². The molecule has 1 aromatic rings. The zero-order valence-corrected chi connectivity index (χ0v) is 13.6. The fraction of sp³-hybridized carbons (Fsp3) is 0.611. The van der Waals surface area contributed by atoms with Crippen molar-refractivity contribution in [2.75, 3.05) is 6.54 Å². The number of amides is 1. The Morgan fingerprint density at radius 3 is 2.50 bits per heavy atom. The molecule has 0 aliphatic heterocycles. The third-order valence-electron chi connectivity index (χ3n) is 5.18. The molecular weight excluding hydrogens is 298 g/mol. The summed E-state index contributed by atoms with van der Waals surface area (Å²) in [5.74, 6) is 0.573. The molecule has 1 atom stereocenters. The van der Waals surface area contributed by atoms with Crippen LogP contribution in [0.15, 0.2) is 24.3 Å². The summed E-state index contributed by atoms with van der Waals surface area (Å²) >= 11 is 5.97. The van der Waals surface area contributed by atoms with Crippen LogP contribution < -0.4 is 5.32 Å². The Morgan fingerprint density at radius 1 is 1.27 bits per heavy atom. The van der Waals surface area contributed by atoms with Gasteiger partial charge in [-0.2, -0.15) is 0 Å². The highest BCUT2D eigenvalue weighted by Crippen LogP contribution is 2.41. The largest absolute Gasteiger partial charge is 0.393 e. The lowest BCUT2D eigenvalue weighted by atomic mass is 9.78. The van der Waals surface area contributed by atoms with Crippen molar-refractivity contribution in [3.63, 3.8) is 0 Å². The van der Waals surface area contributed by atoms with E-state index in [-0.39, 0.29) is 12.0 Å². The standard InChI is InChI=1S/C18H24ClNO2/c19-15-7-5-14(6-8-15)18(10-1-2-11-18)17(22)20-12-9-16(21)13-3-4-13/h5-8,13,16,21H,1-4,9-12H2,(H,20,22)/t16-/m0/s1. The summed E-state index contributed by atoms with van der Waals surface area (Å²) in [6.07, 6.45) is 6.62. The molecule has 1 aromatic carbocycles. The normalized spacial score (nSPS) is 21.5. The van der Waals surface area contributed by atoms with Gasteiger partial charge in [-0.1, -0.05) is 36.6 Å². The van der Waals surface area contributed by atoms with Crippen molar-refractivity contribution in [2.45, 2.75) is 56.5 Å². The highest BCUT2D eigenvalue weighted by atomic mass is 35.5. The van der Waals surface area contributed by atoms with Gasteiger partial charge in [-0.25, -0.2) is 0 Å². The zero-order chi connectivity index (χ0) is 15.6. The fourth-order valence-electron chi connectivity index (χ4n) is 3.61. The number of hydrogen-bond acceptors (Lipinski definition) is 2. The van der Waals surface area contributed by atoms with Crippen LogP contribution in [-0.2, 0) is 10.2 Å². The molecule has 3 nitrogen and oxygen atoms in total. The average Bonchev–Trinajstić information content (AvgIpc) is 3.25. The number of nitrogens with one attached hydrogen (secondary N) is 1. The van der Waals surface area contributed by atoms with Crippen LogP contribution in [0.3, 0.4) is 0 Å². The van der Waals surface area contributed by atoms with Gasteiger partial charge in [0.25, 0.3) is 0 Å². The van der Waals surface area contributed by atoms with Gasteiger partial charge < -0.3 is 10.4 Å². The van der Waals surface area contributed by atoms with Crippen molar-refractivity contribution >= 4 is 17.5 Å². The maximum absolute atomic E-state index is 12.8. The van der Waals surface area contributed by atoms with E-state index in [1.165, 1.54) is 0 Å². The highest BCUT2D eigenvalue weighted by molar-refractivity contribution is 6.30. The Labute approximate surface area is 137 Å². The van der Waals surface area contributed by atoms with Crippen LogP contribution >= 0.6 is 11.6 Å². The van der Waals surface area contributed by atoms with Crippen molar-refractivity contribution in [1.82, 2.24) is 5.32 Å². The molecule has 0 bridgehead atoms. The van der Waals surface area contributed by atoms with Gasteiger partial charge in [0.1, 0.15) is 0 Å². The molecule has 0 saturated heterocycles. The van der Waals surface area contributed by atoms with Crippen LogP contribution in [0.25, 0.3) is 0 Å². The zero-order valence-electron chi connectivity index (χ0n) is 12.9. The molecule has 3 rings (SSSR count). The summed E-state index contributed by atoms with van der Waals surface area (Å²) < 4.78 is 0. The van der Waals surface area contributed by atoms with Gasteiger partial charge in [0.2, 0.25) is 5.91 Å². The van der Waals surface area contributed by atoms with Crippen LogP contribution in [0.2, 0.25) is 5.02 Å². The molecule has 0 unspecified atom stereocenters. The molecule has 2 aliphatic rings. The Balaban J connectivity index is 1.64. The minimum atomic E-state index is -0.408. The first kappa shape index (κ1) is 15.8. The van der Waals surface area contributed by atoms with Gasteiger partial charge in [0.15, 0.2) is 0 Å². The first-order valence-corrected chi connectivity index (χ1v) is 8.72. The lowest BCUT2D eigenvalue weighted by Crippen LogP contribution is -2.43. The van der Waals surface area contributed by atoms with Gasteiger partial charge >= 0.3 is 0 Å². The Bertz CT molecular complexity index is 518. The van der Waals surface area contributed by atoms with Crippen LogP contribution in [0.5, 0.6) is 0 Å². The molecule has 22 heavy (non-hydrogen) atoms. The Morgan fingerprint density at radius 2 is 1.91 bits per heavy atom. The third-order valence-corrected chi connectivity index (χ3v) is 5.43. The predicted molar refractivity (Wildman–Crippen MR) is 88.0 cm³/mol. The first-order valence-electron chi connectivity index (χ1n) is 8.34. The monoisotopic (exact) mass is 321 g/mol. The van der Waals surface area contributed by atoms with Crippen molar-refractivity contribution < 1.29 is 9.90 Å². The SMILES string of the molecule is O=C(NCC[C@H](O)C1CC1)C1(c2ccc(Cl)cc2)CCCC1. The summed E-state index contributed by atoms with van der Waals surface area (Å²) in [4.78, 5) is 12.8. The predicted octanol–water partition coefficient (Wildman–Crippen LogP) is 3.43. The number of hydrogen-bond donors (Lipinski definition) is 2. The van der Waals surface area contributed by atoms with E-state index in [0.717, 1.165) is 44.1 Å².